The van der Waals surface area contributed by atoms with E-state index in [1.165, 1.54) is 24.3 Å². The van der Waals surface area contributed by atoms with E-state index in [1.54, 1.807) is 24.3 Å². The lowest BCUT2D eigenvalue weighted by atomic mass is 10.0. The second kappa shape index (κ2) is 5.96. The van der Waals surface area contributed by atoms with Crippen LogP contribution in [-0.2, 0) is 0 Å². The van der Waals surface area contributed by atoms with Crippen LogP contribution in [-0.4, -0.2) is 16.5 Å². The molecule has 0 spiro atoms. The molecule has 0 atom stereocenters. The minimum atomic E-state index is -0.585. The number of nitro benzene ring substituents is 1. The molecule has 0 aliphatic heterocycles. The van der Waals surface area contributed by atoms with Crippen molar-refractivity contribution in [2.24, 2.45) is 0 Å². The highest BCUT2D eigenvalue weighted by Crippen LogP contribution is 2.16. The summed E-state index contributed by atoms with van der Waals surface area (Å²) in [6.45, 7) is 0. The van der Waals surface area contributed by atoms with Crippen molar-refractivity contribution in [3.05, 3.63) is 69.8 Å². The second-order valence-electron chi connectivity index (χ2n) is 4.45. The molecule has 2 aromatic rings. The first-order valence-corrected chi connectivity index (χ1v) is 6.14. The number of anilines is 1. The van der Waals surface area contributed by atoms with E-state index in [0.717, 1.165) is 0 Å². The van der Waals surface area contributed by atoms with Gasteiger partial charge in [-0.15, -0.1) is 0 Å². The van der Waals surface area contributed by atoms with Gasteiger partial charge in [0.1, 0.15) is 0 Å². The van der Waals surface area contributed by atoms with Crippen molar-refractivity contribution in [1.82, 2.24) is 0 Å². The number of nitrogen functional groups attached to an aromatic ring is 1. The summed E-state index contributed by atoms with van der Waals surface area (Å²) in [6, 6.07) is 11.6. The minimum Gasteiger partial charge on any atom is -0.399 e. The smallest absolute Gasteiger partial charge is 0.270 e. The largest absolute Gasteiger partial charge is 0.399 e. The van der Waals surface area contributed by atoms with Crippen LogP contribution in [0.3, 0.4) is 0 Å². The fourth-order valence-corrected chi connectivity index (χ4v) is 1.81. The van der Waals surface area contributed by atoms with E-state index in [2.05, 4.69) is 0 Å². The van der Waals surface area contributed by atoms with Crippen molar-refractivity contribution in [3.63, 3.8) is 0 Å². The van der Waals surface area contributed by atoms with E-state index in [9.17, 15) is 19.7 Å². The van der Waals surface area contributed by atoms with Gasteiger partial charge in [-0.05, 0) is 24.3 Å². The van der Waals surface area contributed by atoms with Crippen LogP contribution >= 0.6 is 0 Å². The molecule has 0 aliphatic rings. The fourth-order valence-electron chi connectivity index (χ4n) is 1.81. The summed E-state index contributed by atoms with van der Waals surface area (Å²) in [5.74, 6) is -0.813. The monoisotopic (exact) mass is 284 g/mol. The predicted molar refractivity (Wildman–Crippen MR) is 77.2 cm³/mol. The van der Waals surface area contributed by atoms with Crippen molar-refractivity contribution in [1.29, 1.82) is 0 Å². The molecule has 0 heterocycles. The Hall–Kier alpha value is -3.02. The number of carbonyl (C=O) groups is 2. The molecule has 0 bridgehead atoms. The summed E-state index contributed by atoms with van der Waals surface area (Å²) in [5.41, 5.74) is 6.39. The topological polar surface area (TPSA) is 103 Å². The van der Waals surface area contributed by atoms with Gasteiger partial charge >= 0.3 is 0 Å². The Morgan fingerprint density at radius 1 is 1.00 bits per heavy atom. The second-order valence-corrected chi connectivity index (χ2v) is 4.45. The molecule has 21 heavy (non-hydrogen) atoms. The Bertz CT molecular complexity index is 708. The van der Waals surface area contributed by atoms with E-state index in [1.807, 2.05) is 0 Å². The van der Waals surface area contributed by atoms with Gasteiger partial charge in [0.2, 0.25) is 0 Å². The van der Waals surface area contributed by atoms with Gasteiger partial charge in [0, 0.05) is 28.9 Å². The van der Waals surface area contributed by atoms with Crippen LogP contribution in [0.25, 0.3) is 0 Å². The number of hydrogen-bond donors (Lipinski definition) is 1. The van der Waals surface area contributed by atoms with Crippen LogP contribution in [0.2, 0.25) is 0 Å². The van der Waals surface area contributed by atoms with Crippen LogP contribution < -0.4 is 5.73 Å². The highest BCUT2D eigenvalue weighted by molar-refractivity contribution is 6.13. The predicted octanol–water partition coefficient (Wildman–Crippen LogP) is 2.63. The summed E-state index contributed by atoms with van der Waals surface area (Å²) < 4.78 is 0. The van der Waals surface area contributed by atoms with Crippen LogP contribution in [0.15, 0.2) is 48.5 Å². The Kier molecular flexibility index (Phi) is 4.08. The van der Waals surface area contributed by atoms with E-state index < -0.39 is 10.7 Å². The molecule has 0 aliphatic carbocycles. The number of rotatable bonds is 5. The molecular weight excluding hydrogens is 272 g/mol. The van der Waals surface area contributed by atoms with Crippen LogP contribution in [0.1, 0.15) is 27.1 Å². The molecule has 0 saturated carbocycles. The fraction of sp³-hybridized carbons (Fsp3) is 0.0667. The van der Waals surface area contributed by atoms with E-state index >= 15 is 0 Å². The average Bonchev–Trinajstić information content (AvgIpc) is 2.48. The van der Waals surface area contributed by atoms with E-state index in [0.29, 0.717) is 11.3 Å². The third-order valence-electron chi connectivity index (χ3n) is 2.93. The summed E-state index contributed by atoms with van der Waals surface area (Å²) in [7, 11) is 0. The normalized spacial score (nSPS) is 10.1. The molecule has 0 aromatic heterocycles. The number of non-ortho nitro benzene ring substituents is 1. The molecule has 2 rings (SSSR count). The highest BCUT2D eigenvalue weighted by Gasteiger charge is 2.16. The first kappa shape index (κ1) is 14.4. The Morgan fingerprint density at radius 2 is 1.62 bits per heavy atom. The maximum absolute atomic E-state index is 12.0. The summed E-state index contributed by atoms with van der Waals surface area (Å²) >= 11 is 0. The quantitative estimate of drug-likeness (QED) is 0.299. The van der Waals surface area contributed by atoms with Gasteiger partial charge in [0.25, 0.3) is 5.69 Å². The molecule has 6 nitrogen and oxygen atoms in total. The SMILES string of the molecule is Nc1ccc(C(=O)CC(=O)c2cccc([N+](=O)[O-])c2)cc1. The van der Waals surface area contributed by atoms with Crippen LogP contribution in [0.5, 0.6) is 0 Å². The van der Waals surface area contributed by atoms with Crippen molar-refractivity contribution in [3.8, 4) is 0 Å². The van der Waals surface area contributed by atoms with E-state index in [-0.39, 0.29) is 23.5 Å². The molecule has 0 unspecified atom stereocenters. The molecule has 0 radical (unpaired) electrons. The first-order chi connectivity index (χ1) is 9.97. The number of benzene rings is 2. The summed E-state index contributed by atoms with van der Waals surface area (Å²) in [5, 5.41) is 10.7. The number of nitrogens with two attached hydrogens (primary N) is 1. The molecule has 106 valence electrons. The van der Waals surface area contributed by atoms with E-state index in [4.69, 9.17) is 5.73 Å². The van der Waals surface area contributed by atoms with Gasteiger partial charge in [-0.1, -0.05) is 12.1 Å². The zero-order valence-electron chi connectivity index (χ0n) is 11.0. The number of nitrogens with zero attached hydrogens (tertiary/aromatic N) is 1. The zero-order chi connectivity index (χ0) is 15.4. The summed E-state index contributed by atoms with van der Waals surface area (Å²) in [4.78, 5) is 34.0. The molecule has 2 N–H and O–H groups in total. The zero-order valence-corrected chi connectivity index (χ0v) is 11.0. The maximum Gasteiger partial charge on any atom is 0.270 e. The lowest BCUT2D eigenvalue weighted by Crippen LogP contribution is -2.09. The van der Waals surface area contributed by atoms with Crippen molar-refractivity contribution in [2.75, 3.05) is 5.73 Å². The minimum absolute atomic E-state index is 0.146. The Labute approximate surface area is 120 Å². The van der Waals surface area contributed by atoms with Gasteiger partial charge in [-0.25, -0.2) is 0 Å². The van der Waals surface area contributed by atoms with Crippen LogP contribution in [0.4, 0.5) is 11.4 Å². The standard InChI is InChI=1S/C15H12N2O4/c16-12-6-4-10(5-7-12)14(18)9-15(19)11-2-1-3-13(8-11)17(20)21/h1-8H,9,16H2. The molecule has 0 saturated heterocycles. The van der Waals surface area contributed by atoms with Crippen molar-refractivity contribution < 1.29 is 14.5 Å². The maximum atomic E-state index is 12.0. The first-order valence-electron chi connectivity index (χ1n) is 6.14. The Balaban J connectivity index is 2.14. The lowest BCUT2D eigenvalue weighted by molar-refractivity contribution is -0.384. The number of Topliss-reactive ketones (excluding diaryl/α,β-unsaturated/α-hetero) is 2. The summed E-state index contributed by atoms with van der Waals surface area (Å²) in [6.07, 6.45) is -0.342. The van der Waals surface area contributed by atoms with Gasteiger partial charge in [-0.2, -0.15) is 0 Å². The van der Waals surface area contributed by atoms with Gasteiger partial charge in [0.15, 0.2) is 11.6 Å². The van der Waals surface area contributed by atoms with Gasteiger partial charge in [-0.3, -0.25) is 19.7 Å². The lowest BCUT2D eigenvalue weighted by Gasteiger charge is -2.02. The number of ketones is 2. The third kappa shape index (κ3) is 3.50. The third-order valence-corrected chi connectivity index (χ3v) is 2.93. The number of nitro groups is 1. The molecule has 0 amide bonds. The van der Waals surface area contributed by atoms with Crippen LogP contribution in [0, 0.1) is 10.1 Å². The highest BCUT2D eigenvalue weighted by atomic mass is 16.6. The number of carbonyl (C=O) groups excluding carboxylic acids is 2. The molecule has 6 heteroatoms. The molecule has 2 aromatic carbocycles. The van der Waals surface area contributed by atoms with Crippen molar-refractivity contribution >= 4 is 22.9 Å². The number of hydrogen-bond acceptors (Lipinski definition) is 5. The van der Waals surface area contributed by atoms with Crippen molar-refractivity contribution in [2.45, 2.75) is 6.42 Å². The van der Waals surface area contributed by atoms with Gasteiger partial charge in [0.05, 0.1) is 11.3 Å². The molecular formula is C15H12N2O4. The molecule has 0 fully saturated rings. The average molecular weight is 284 g/mol. The Morgan fingerprint density at radius 3 is 2.24 bits per heavy atom. The van der Waals surface area contributed by atoms with Gasteiger partial charge < -0.3 is 5.73 Å².